The van der Waals surface area contributed by atoms with E-state index in [1.807, 2.05) is 24.3 Å². The Kier molecular flexibility index (Phi) is 5.23. The molecule has 2 aromatic carbocycles. The van der Waals surface area contributed by atoms with Crippen molar-refractivity contribution < 1.29 is 9.47 Å². The van der Waals surface area contributed by atoms with E-state index >= 15 is 0 Å². The van der Waals surface area contributed by atoms with Crippen LogP contribution in [-0.2, 0) is 6.54 Å². The van der Waals surface area contributed by atoms with E-state index < -0.39 is 0 Å². The Morgan fingerprint density at radius 2 is 1.67 bits per heavy atom. The highest BCUT2D eigenvalue weighted by molar-refractivity contribution is 5.71. The van der Waals surface area contributed by atoms with Crippen molar-refractivity contribution in [2.75, 3.05) is 14.2 Å². The molecule has 0 heterocycles. The van der Waals surface area contributed by atoms with Crippen LogP contribution in [0.15, 0.2) is 42.5 Å². The van der Waals surface area contributed by atoms with E-state index in [9.17, 15) is 0 Å². The van der Waals surface area contributed by atoms with Gasteiger partial charge in [-0.25, -0.2) is 0 Å². The molecule has 3 heteroatoms. The van der Waals surface area contributed by atoms with E-state index in [0.29, 0.717) is 6.04 Å². The van der Waals surface area contributed by atoms with Gasteiger partial charge in [0, 0.05) is 23.7 Å². The topological polar surface area (TPSA) is 30.5 Å². The molecule has 0 radical (unpaired) electrons. The minimum atomic E-state index is 0.435. The second-order valence-electron chi connectivity index (χ2n) is 5.26. The van der Waals surface area contributed by atoms with Crippen LogP contribution < -0.4 is 14.8 Å². The number of ether oxygens (including phenoxy) is 2. The van der Waals surface area contributed by atoms with E-state index in [4.69, 9.17) is 9.47 Å². The monoisotopic (exact) mass is 285 g/mol. The molecule has 0 aliphatic carbocycles. The standard InChI is InChI=1S/C18H23NO2/c1-13(2)19-12-15-11-14(9-10-17(15)20-3)16-7-5-6-8-18(16)21-4/h5-11,13,19H,12H2,1-4H3. The van der Waals surface area contributed by atoms with Gasteiger partial charge in [-0.1, -0.05) is 38.1 Å². The summed E-state index contributed by atoms with van der Waals surface area (Å²) in [5, 5.41) is 3.43. The first kappa shape index (κ1) is 15.4. The Labute approximate surface area is 126 Å². The number of methoxy groups -OCH3 is 2. The van der Waals surface area contributed by atoms with Crippen LogP contribution in [0.2, 0.25) is 0 Å². The van der Waals surface area contributed by atoms with Gasteiger partial charge in [0.1, 0.15) is 11.5 Å². The minimum Gasteiger partial charge on any atom is -0.496 e. The molecule has 0 saturated heterocycles. The van der Waals surface area contributed by atoms with Gasteiger partial charge in [0.05, 0.1) is 14.2 Å². The number of hydrogen-bond donors (Lipinski definition) is 1. The number of para-hydroxylation sites is 1. The third kappa shape index (κ3) is 3.76. The molecule has 0 bridgehead atoms. The maximum atomic E-state index is 5.45. The molecule has 0 unspecified atom stereocenters. The molecule has 0 aliphatic rings. The first-order valence-electron chi connectivity index (χ1n) is 7.19. The zero-order valence-electron chi connectivity index (χ0n) is 13.1. The lowest BCUT2D eigenvalue weighted by molar-refractivity contribution is 0.406. The van der Waals surface area contributed by atoms with Crippen LogP contribution in [0.1, 0.15) is 19.4 Å². The smallest absolute Gasteiger partial charge is 0.126 e. The van der Waals surface area contributed by atoms with E-state index in [0.717, 1.165) is 34.7 Å². The van der Waals surface area contributed by atoms with Crippen LogP contribution in [0, 0.1) is 0 Å². The number of nitrogens with one attached hydrogen (secondary N) is 1. The molecule has 0 saturated carbocycles. The van der Waals surface area contributed by atoms with Crippen LogP contribution in [0.4, 0.5) is 0 Å². The van der Waals surface area contributed by atoms with Crippen molar-refractivity contribution in [2.45, 2.75) is 26.4 Å². The van der Waals surface area contributed by atoms with Crippen LogP contribution >= 0.6 is 0 Å². The Morgan fingerprint density at radius 3 is 2.33 bits per heavy atom. The fourth-order valence-electron chi connectivity index (χ4n) is 2.28. The summed E-state index contributed by atoms with van der Waals surface area (Å²) in [6, 6.07) is 14.7. The summed E-state index contributed by atoms with van der Waals surface area (Å²) in [6.45, 7) is 5.05. The van der Waals surface area contributed by atoms with Gasteiger partial charge < -0.3 is 14.8 Å². The SMILES string of the molecule is COc1ccc(-c2ccccc2OC)cc1CNC(C)C. The van der Waals surface area contributed by atoms with E-state index in [-0.39, 0.29) is 0 Å². The first-order valence-corrected chi connectivity index (χ1v) is 7.19. The Hall–Kier alpha value is -2.00. The summed E-state index contributed by atoms with van der Waals surface area (Å²) in [4.78, 5) is 0. The molecule has 3 nitrogen and oxygen atoms in total. The summed E-state index contributed by atoms with van der Waals surface area (Å²) >= 11 is 0. The van der Waals surface area contributed by atoms with Gasteiger partial charge in [0.15, 0.2) is 0 Å². The summed E-state index contributed by atoms with van der Waals surface area (Å²) in [7, 11) is 3.40. The number of benzene rings is 2. The fraction of sp³-hybridized carbons (Fsp3) is 0.333. The molecule has 0 aromatic heterocycles. The van der Waals surface area contributed by atoms with Gasteiger partial charge in [-0.3, -0.25) is 0 Å². The first-order chi connectivity index (χ1) is 10.2. The molecule has 112 valence electrons. The highest BCUT2D eigenvalue weighted by Gasteiger charge is 2.09. The predicted octanol–water partition coefficient (Wildman–Crippen LogP) is 3.87. The van der Waals surface area contributed by atoms with Gasteiger partial charge >= 0.3 is 0 Å². The van der Waals surface area contributed by atoms with Crippen molar-refractivity contribution >= 4 is 0 Å². The lowest BCUT2D eigenvalue weighted by Gasteiger charge is -2.15. The van der Waals surface area contributed by atoms with Crippen LogP contribution in [-0.4, -0.2) is 20.3 Å². The largest absolute Gasteiger partial charge is 0.496 e. The Balaban J connectivity index is 2.38. The van der Waals surface area contributed by atoms with E-state index in [1.165, 1.54) is 0 Å². The molecule has 0 amide bonds. The van der Waals surface area contributed by atoms with Crippen molar-refractivity contribution in [3.05, 3.63) is 48.0 Å². The van der Waals surface area contributed by atoms with Crippen molar-refractivity contribution in [1.82, 2.24) is 5.32 Å². The number of rotatable bonds is 6. The lowest BCUT2D eigenvalue weighted by Crippen LogP contribution is -2.22. The predicted molar refractivity (Wildman–Crippen MR) is 87.0 cm³/mol. The Morgan fingerprint density at radius 1 is 0.952 bits per heavy atom. The highest BCUT2D eigenvalue weighted by Crippen LogP contribution is 2.32. The summed E-state index contributed by atoms with van der Waals surface area (Å²) in [5.74, 6) is 1.78. The maximum Gasteiger partial charge on any atom is 0.126 e. The third-order valence-corrected chi connectivity index (χ3v) is 3.40. The van der Waals surface area contributed by atoms with E-state index in [1.54, 1.807) is 14.2 Å². The van der Waals surface area contributed by atoms with Gasteiger partial charge in [-0.2, -0.15) is 0 Å². The summed E-state index contributed by atoms with van der Waals surface area (Å²) < 4.78 is 10.9. The van der Waals surface area contributed by atoms with Crippen LogP contribution in [0.3, 0.4) is 0 Å². The maximum absolute atomic E-state index is 5.45. The molecule has 0 spiro atoms. The van der Waals surface area contributed by atoms with Gasteiger partial charge in [-0.15, -0.1) is 0 Å². The third-order valence-electron chi connectivity index (χ3n) is 3.40. The summed E-state index contributed by atoms with van der Waals surface area (Å²) in [5.41, 5.74) is 3.37. The molecule has 21 heavy (non-hydrogen) atoms. The second kappa shape index (κ2) is 7.14. The summed E-state index contributed by atoms with van der Waals surface area (Å²) in [6.07, 6.45) is 0. The van der Waals surface area contributed by atoms with Crippen LogP contribution in [0.25, 0.3) is 11.1 Å². The average molecular weight is 285 g/mol. The van der Waals surface area contributed by atoms with Crippen molar-refractivity contribution in [1.29, 1.82) is 0 Å². The van der Waals surface area contributed by atoms with Gasteiger partial charge in [0.25, 0.3) is 0 Å². The van der Waals surface area contributed by atoms with Gasteiger partial charge in [0.2, 0.25) is 0 Å². The minimum absolute atomic E-state index is 0.435. The highest BCUT2D eigenvalue weighted by atomic mass is 16.5. The molecular weight excluding hydrogens is 262 g/mol. The molecular formula is C18H23NO2. The average Bonchev–Trinajstić information content (AvgIpc) is 2.52. The van der Waals surface area contributed by atoms with E-state index in [2.05, 4.69) is 37.4 Å². The normalized spacial score (nSPS) is 10.7. The van der Waals surface area contributed by atoms with Gasteiger partial charge in [-0.05, 0) is 23.8 Å². The fourth-order valence-corrected chi connectivity index (χ4v) is 2.28. The van der Waals surface area contributed by atoms with Crippen molar-refractivity contribution in [3.63, 3.8) is 0 Å². The molecule has 2 rings (SSSR count). The molecule has 0 fully saturated rings. The molecule has 0 atom stereocenters. The number of hydrogen-bond acceptors (Lipinski definition) is 3. The van der Waals surface area contributed by atoms with Crippen LogP contribution in [0.5, 0.6) is 11.5 Å². The zero-order valence-corrected chi connectivity index (χ0v) is 13.1. The lowest BCUT2D eigenvalue weighted by atomic mass is 10.0. The second-order valence-corrected chi connectivity index (χ2v) is 5.26. The molecule has 0 aliphatic heterocycles. The van der Waals surface area contributed by atoms with Crippen molar-refractivity contribution in [3.8, 4) is 22.6 Å². The van der Waals surface area contributed by atoms with Crippen molar-refractivity contribution in [2.24, 2.45) is 0 Å². The zero-order chi connectivity index (χ0) is 15.2. The Bertz CT molecular complexity index is 594. The molecule has 2 aromatic rings. The molecule has 1 N–H and O–H groups in total. The quantitative estimate of drug-likeness (QED) is 0.874.